The second-order valence-electron chi connectivity index (χ2n) is 5.63. The average molecular weight is 370 g/mol. The van der Waals surface area contributed by atoms with Crippen LogP contribution in [0, 0.1) is 6.92 Å². The largest absolute Gasteiger partial charge is 0.459 e. The maximum Gasteiger partial charge on any atom is 0.338 e. The third kappa shape index (κ3) is 4.13. The van der Waals surface area contributed by atoms with E-state index < -0.39 is 5.97 Å². The Balaban J connectivity index is 1.71. The number of nitrogens with one attached hydrogen (secondary N) is 1. The minimum Gasteiger partial charge on any atom is -0.459 e. The molecule has 0 bridgehead atoms. The van der Waals surface area contributed by atoms with E-state index >= 15 is 0 Å². The summed E-state index contributed by atoms with van der Waals surface area (Å²) >= 11 is 6.06. The molecule has 0 spiro atoms. The van der Waals surface area contributed by atoms with Crippen molar-refractivity contribution >= 4 is 29.2 Å². The van der Waals surface area contributed by atoms with Crippen LogP contribution in [0.4, 0.5) is 5.69 Å². The zero-order chi connectivity index (χ0) is 18.5. The van der Waals surface area contributed by atoms with Crippen LogP contribution in [0.15, 0.2) is 65.3 Å². The number of anilines is 1. The number of halogens is 1. The number of benzene rings is 2. The zero-order valence-electron chi connectivity index (χ0n) is 14.0. The van der Waals surface area contributed by atoms with E-state index in [1.807, 2.05) is 19.1 Å². The van der Waals surface area contributed by atoms with Gasteiger partial charge in [-0.25, -0.2) is 4.79 Å². The fourth-order valence-electron chi connectivity index (χ4n) is 2.32. The van der Waals surface area contributed by atoms with Crippen LogP contribution < -0.4 is 5.32 Å². The summed E-state index contributed by atoms with van der Waals surface area (Å²) in [6.45, 7) is 1.90. The van der Waals surface area contributed by atoms with Crippen LogP contribution in [0.2, 0.25) is 5.02 Å². The first-order chi connectivity index (χ1) is 12.5. The van der Waals surface area contributed by atoms with Crippen LogP contribution in [0.25, 0.3) is 0 Å². The van der Waals surface area contributed by atoms with Crippen molar-refractivity contribution < 1.29 is 18.7 Å². The summed E-state index contributed by atoms with van der Waals surface area (Å²) < 4.78 is 10.4. The normalized spacial score (nSPS) is 10.4. The molecule has 0 aliphatic heterocycles. The van der Waals surface area contributed by atoms with Gasteiger partial charge in [0.25, 0.3) is 5.91 Å². The number of aryl methyl sites for hydroxylation is 1. The standard InChI is InChI=1S/C20H16ClNO4/c1-13-8-9-14(11-17(13)22-19(23)18-7-4-10-25-18)20(24)26-12-15-5-2-3-6-16(15)21/h2-11H,12H2,1H3,(H,22,23). The lowest BCUT2D eigenvalue weighted by Gasteiger charge is -2.10. The van der Waals surface area contributed by atoms with E-state index in [-0.39, 0.29) is 18.3 Å². The first-order valence-corrected chi connectivity index (χ1v) is 8.28. The summed E-state index contributed by atoms with van der Waals surface area (Å²) in [5, 5.41) is 3.27. The fraction of sp³-hybridized carbons (Fsp3) is 0.100. The van der Waals surface area contributed by atoms with Gasteiger partial charge < -0.3 is 14.5 Å². The summed E-state index contributed by atoms with van der Waals surface area (Å²) in [4.78, 5) is 24.4. The van der Waals surface area contributed by atoms with Gasteiger partial charge >= 0.3 is 5.97 Å². The van der Waals surface area contributed by atoms with Gasteiger partial charge in [0.1, 0.15) is 6.61 Å². The highest BCUT2D eigenvalue weighted by atomic mass is 35.5. The van der Waals surface area contributed by atoms with Crippen molar-refractivity contribution in [1.29, 1.82) is 0 Å². The van der Waals surface area contributed by atoms with Gasteiger partial charge in [0.2, 0.25) is 0 Å². The Hall–Kier alpha value is -3.05. The highest BCUT2D eigenvalue weighted by molar-refractivity contribution is 6.31. The Bertz CT molecular complexity index is 935. The molecule has 0 unspecified atom stereocenters. The number of rotatable bonds is 5. The van der Waals surface area contributed by atoms with E-state index in [1.165, 1.54) is 6.26 Å². The molecule has 0 radical (unpaired) electrons. The predicted molar refractivity (Wildman–Crippen MR) is 98.4 cm³/mol. The van der Waals surface area contributed by atoms with Crippen molar-refractivity contribution in [3.05, 3.63) is 88.3 Å². The van der Waals surface area contributed by atoms with Crippen molar-refractivity contribution in [3.8, 4) is 0 Å². The number of amides is 1. The van der Waals surface area contributed by atoms with Gasteiger partial charge in [-0.1, -0.05) is 35.9 Å². The topological polar surface area (TPSA) is 68.5 Å². The molecular weight excluding hydrogens is 354 g/mol. The summed E-state index contributed by atoms with van der Waals surface area (Å²) in [5.74, 6) is -0.700. The predicted octanol–water partition coefficient (Wildman–Crippen LogP) is 4.85. The third-order valence-corrected chi connectivity index (χ3v) is 4.15. The number of furan rings is 1. The lowest BCUT2D eigenvalue weighted by Crippen LogP contribution is -2.13. The number of ether oxygens (including phenoxy) is 1. The molecule has 0 aliphatic rings. The molecule has 5 nitrogen and oxygen atoms in total. The fourth-order valence-corrected chi connectivity index (χ4v) is 2.51. The van der Waals surface area contributed by atoms with E-state index in [1.54, 1.807) is 42.5 Å². The van der Waals surface area contributed by atoms with Gasteiger partial charge in [-0.2, -0.15) is 0 Å². The molecule has 3 aromatic rings. The summed E-state index contributed by atoms with van der Waals surface area (Å²) in [6.07, 6.45) is 1.42. The molecule has 0 fully saturated rings. The molecular formula is C20H16ClNO4. The van der Waals surface area contributed by atoms with Crippen LogP contribution in [0.5, 0.6) is 0 Å². The molecule has 0 saturated heterocycles. The van der Waals surface area contributed by atoms with Gasteiger partial charge in [-0.3, -0.25) is 4.79 Å². The first kappa shape index (κ1) is 17.8. The monoisotopic (exact) mass is 369 g/mol. The van der Waals surface area contributed by atoms with Gasteiger partial charge in [0.05, 0.1) is 11.8 Å². The van der Waals surface area contributed by atoms with E-state index in [9.17, 15) is 9.59 Å². The first-order valence-electron chi connectivity index (χ1n) is 7.90. The van der Waals surface area contributed by atoms with Crippen molar-refractivity contribution in [2.24, 2.45) is 0 Å². The quantitative estimate of drug-likeness (QED) is 0.653. The molecule has 0 atom stereocenters. The molecule has 1 N–H and O–H groups in total. The van der Waals surface area contributed by atoms with Gasteiger partial charge in [-0.15, -0.1) is 0 Å². The van der Waals surface area contributed by atoms with Crippen molar-refractivity contribution in [1.82, 2.24) is 0 Å². The Morgan fingerprint density at radius 2 is 1.92 bits per heavy atom. The minimum atomic E-state index is -0.501. The third-order valence-electron chi connectivity index (χ3n) is 3.78. The molecule has 132 valence electrons. The summed E-state index contributed by atoms with van der Waals surface area (Å²) in [7, 11) is 0. The second kappa shape index (κ2) is 7.89. The maximum atomic E-state index is 12.3. The van der Waals surface area contributed by atoms with Crippen LogP contribution in [0.3, 0.4) is 0 Å². The highest BCUT2D eigenvalue weighted by Crippen LogP contribution is 2.20. The Morgan fingerprint density at radius 3 is 2.65 bits per heavy atom. The average Bonchev–Trinajstić information content (AvgIpc) is 3.17. The number of hydrogen-bond acceptors (Lipinski definition) is 4. The summed E-state index contributed by atoms with van der Waals surface area (Å²) in [5.41, 5.74) is 2.38. The molecule has 1 aromatic heterocycles. The molecule has 0 saturated carbocycles. The number of carbonyl (C=O) groups is 2. The molecule has 26 heavy (non-hydrogen) atoms. The smallest absolute Gasteiger partial charge is 0.338 e. The van der Waals surface area contributed by atoms with Crippen molar-refractivity contribution in [2.45, 2.75) is 13.5 Å². The minimum absolute atomic E-state index is 0.0699. The Morgan fingerprint density at radius 1 is 1.12 bits per heavy atom. The second-order valence-corrected chi connectivity index (χ2v) is 6.04. The van der Waals surface area contributed by atoms with Crippen molar-refractivity contribution in [3.63, 3.8) is 0 Å². The van der Waals surface area contributed by atoms with Gasteiger partial charge in [0.15, 0.2) is 5.76 Å². The lowest BCUT2D eigenvalue weighted by molar-refractivity contribution is 0.0472. The number of esters is 1. The van der Waals surface area contributed by atoms with Gasteiger partial charge in [0, 0.05) is 16.3 Å². The maximum absolute atomic E-state index is 12.3. The van der Waals surface area contributed by atoms with Crippen LogP contribution in [-0.2, 0) is 11.3 Å². The number of carbonyl (C=O) groups excluding carboxylic acids is 2. The Kier molecular flexibility index (Phi) is 5.39. The molecule has 1 amide bonds. The molecule has 3 rings (SSSR count). The Labute approximate surface area is 155 Å². The molecule has 6 heteroatoms. The molecule has 2 aromatic carbocycles. The van der Waals surface area contributed by atoms with Crippen molar-refractivity contribution in [2.75, 3.05) is 5.32 Å². The van der Waals surface area contributed by atoms with Gasteiger partial charge in [-0.05, 0) is 42.8 Å². The van der Waals surface area contributed by atoms with E-state index in [0.717, 1.165) is 11.1 Å². The van der Waals surface area contributed by atoms with Crippen LogP contribution in [-0.4, -0.2) is 11.9 Å². The zero-order valence-corrected chi connectivity index (χ0v) is 14.7. The van der Waals surface area contributed by atoms with E-state index in [2.05, 4.69) is 5.32 Å². The van der Waals surface area contributed by atoms with Crippen LogP contribution >= 0.6 is 11.6 Å². The highest BCUT2D eigenvalue weighted by Gasteiger charge is 2.14. The molecule has 1 heterocycles. The van der Waals surface area contributed by atoms with E-state index in [4.69, 9.17) is 20.8 Å². The SMILES string of the molecule is Cc1ccc(C(=O)OCc2ccccc2Cl)cc1NC(=O)c1ccco1. The number of hydrogen-bond donors (Lipinski definition) is 1. The van der Waals surface area contributed by atoms with Crippen LogP contribution in [0.1, 0.15) is 32.0 Å². The van der Waals surface area contributed by atoms with E-state index in [0.29, 0.717) is 16.3 Å². The molecule has 0 aliphatic carbocycles. The lowest BCUT2D eigenvalue weighted by atomic mass is 10.1. The summed E-state index contributed by atoms with van der Waals surface area (Å²) in [6, 6.07) is 15.3.